The van der Waals surface area contributed by atoms with Gasteiger partial charge in [-0.05, 0) is 38.1 Å². The molecule has 0 saturated heterocycles. The van der Waals surface area contributed by atoms with E-state index in [0.717, 1.165) is 18.5 Å². The van der Waals surface area contributed by atoms with Crippen molar-refractivity contribution in [2.75, 3.05) is 6.54 Å². The Kier molecular flexibility index (Phi) is 2.05. The highest BCUT2D eigenvalue weighted by atomic mass is 15.1. The maximum absolute atomic E-state index is 4.22. The van der Waals surface area contributed by atoms with E-state index in [2.05, 4.69) is 14.9 Å². The van der Waals surface area contributed by atoms with E-state index in [0.29, 0.717) is 0 Å². The van der Waals surface area contributed by atoms with Crippen molar-refractivity contribution in [2.24, 2.45) is 5.92 Å². The van der Waals surface area contributed by atoms with Crippen LogP contribution in [0.2, 0.25) is 0 Å². The number of nitrogens with one attached hydrogen (secondary N) is 1. The fraction of sp³-hybridized carbons (Fsp3) is 0.727. The van der Waals surface area contributed by atoms with E-state index in [1.807, 2.05) is 12.5 Å². The first kappa shape index (κ1) is 8.48. The number of aromatic nitrogens is 2. The second kappa shape index (κ2) is 3.39. The second-order valence-electron chi connectivity index (χ2n) is 4.60. The van der Waals surface area contributed by atoms with Crippen LogP contribution >= 0.6 is 0 Å². The molecule has 0 bridgehead atoms. The summed E-state index contributed by atoms with van der Waals surface area (Å²) in [6.07, 6.45) is 9.51. The molecule has 0 aromatic carbocycles. The quantitative estimate of drug-likeness (QED) is 0.768. The number of hydrogen-bond donors (Lipinski definition) is 1. The van der Waals surface area contributed by atoms with Crippen molar-refractivity contribution < 1.29 is 0 Å². The fourth-order valence-electron chi connectivity index (χ4n) is 1.88. The van der Waals surface area contributed by atoms with Crippen molar-refractivity contribution in [1.29, 1.82) is 0 Å². The lowest BCUT2D eigenvalue weighted by atomic mass is 10.4. The summed E-state index contributed by atoms with van der Waals surface area (Å²) in [5.74, 6) is 0.965. The Balaban J connectivity index is 1.55. The Hall–Kier alpha value is -0.830. The molecule has 3 heteroatoms. The Morgan fingerprint density at radius 1 is 1.36 bits per heavy atom. The van der Waals surface area contributed by atoms with Crippen molar-refractivity contribution in [3.63, 3.8) is 0 Å². The first-order valence-corrected chi connectivity index (χ1v) is 5.65. The average Bonchev–Trinajstić information content (AvgIpc) is 3.08. The molecular weight excluding hydrogens is 174 g/mol. The number of hydrogen-bond acceptors (Lipinski definition) is 2. The van der Waals surface area contributed by atoms with Crippen LogP contribution in [0, 0.1) is 5.92 Å². The summed E-state index contributed by atoms with van der Waals surface area (Å²) < 4.78 is 2.33. The van der Waals surface area contributed by atoms with Crippen LogP contribution in [0.15, 0.2) is 12.5 Å². The van der Waals surface area contributed by atoms with E-state index in [9.17, 15) is 0 Å². The molecule has 1 aromatic rings. The van der Waals surface area contributed by atoms with E-state index in [4.69, 9.17) is 0 Å². The van der Waals surface area contributed by atoms with Crippen LogP contribution in [0.1, 0.15) is 37.4 Å². The van der Waals surface area contributed by atoms with Gasteiger partial charge in [0, 0.05) is 18.8 Å². The van der Waals surface area contributed by atoms with Crippen molar-refractivity contribution in [3.05, 3.63) is 18.2 Å². The summed E-state index contributed by atoms with van der Waals surface area (Å²) >= 11 is 0. The van der Waals surface area contributed by atoms with Gasteiger partial charge in [0.2, 0.25) is 0 Å². The molecule has 2 saturated carbocycles. The standard InChI is InChI=1S/C11H17N3/c1-2-9(1)5-12-6-11-7-13-8-14(11)10-3-4-10/h7-10,12H,1-6H2. The summed E-state index contributed by atoms with van der Waals surface area (Å²) in [5, 5.41) is 3.51. The van der Waals surface area contributed by atoms with Gasteiger partial charge >= 0.3 is 0 Å². The highest BCUT2D eigenvalue weighted by Crippen LogP contribution is 2.35. The van der Waals surface area contributed by atoms with Crippen molar-refractivity contribution in [1.82, 2.24) is 14.9 Å². The number of imidazole rings is 1. The third-order valence-electron chi connectivity index (χ3n) is 3.12. The second-order valence-corrected chi connectivity index (χ2v) is 4.60. The van der Waals surface area contributed by atoms with Gasteiger partial charge in [0.25, 0.3) is 0 Å². The largest absolute Gasteiger partial charge is 0.330 e. The molecule has 1 heterocycles. The molecule has 76 valence electrons. The third-order valence-corrected chi connectivity index (χ3v) is 3.12. The van der Waals surface area contributed by atoms with Crippen molar-refractivity contribution in [2.45, 2.75) is 38.3 Å². The van der Waals surface area contributed by atoms with Gasteiger partial charge in [-0.2, -0.15) is 0 Å². The van der Waals surface area contributed by atoms with E-state index in [1.165, 1.54) is 37.9 Å². The predicted molar refractivity (Wildman–Crippen MR) is 54.9 cm³/mol. The lowest BCUT2D eigenvalue weighted by Crippen LogP contribution is -2.18. The highest BCUT2D eigenvalue weighted by Gasteiger charge is 2.25. The zero-order valence-corrected chi connectivity index (χ0v) is 8.45. The van der Waals surface area contributed by atoms with Gasteiger partial charge in [-0.25, -0.2) is 4.98 Å². The van der Waals surface area contributed by atoms with Gasteiger partial charge in [-0.1, -0.05) is 0 Å². The summed E-state index contributed by atoms with van der Waals surface area (Å²) in [7, 11) is 0. The molecule has 0 spiro atoms. The molecule has 2 aliphatic rings. The molecule has 2 fully saturated rings. The molecule has 0 radical (unpaired) electrons. The number of nitrogens with zero attached hydrogens (tertiary/aromatic N) is 2. The van der Waals surface area contributed by atoms with Crippen LogP contribution in [0.4, 0.5) is 0 Å². The summed E-state index contributed by atoms with van der Waals surface area (Å²) in [4.78, 5) is 4.22. The van der Waals surface area contributed by atoms with Gasteiger partial charge in [0.15, 0.2) is 0 Å². The average molecular weight is 191 g/mol. The summed E-state index contributed by atoms with van der Waals surface area (Å²) in [6, 6.07) is 0.759. The predicted octanol–water partition coefficient (Wildman–Crippen LogP) is 1.72. The molecule has 0 amide bonds. The van der Waals surface area contributed by atoms with Gasteiger partial charge in [-0.15, -0.1) is 0 Å². The molecule has 3 nitrogen and oxygen atoms in total. The minimum absolute atomic E-state index is 0.759. The van der Waals surface area contributed by atoms with E-state index in [1.54, 1.807) is 0 Å². The molecule has 0 unspecified atom stereocenters. The van der Waals surface area contributed by atoms with E-state index >= 15 is 0 Å². The Labute approximate surface area is 84.5 Å². The molecule has 0 atom stereocenters. The minimum Gasteiger partial charge on any atom is -0.330 e. The smallest absolute Gasteiger partial charge is 0.0951 e. The highest BCUT2D eigenvalue weighted by molar-refractivity contribution is 5.03. The normalized spacial score (nSPS) is 21.4. The maximum Gasteiger partial charge on any atom is 0.0951 e. The Morgan fingerprint density at radius 2 is 2.21 bits per heavy atom. The van der Waals surface area contributed by atoms with Crippen LogP contribution in [0.3, 0.4) is 0 Å². The molecular formula is C11H17N3. The first-order chi connectivity index (χ1) is 6.93. The SMILES string of the molecule is c1ncn(C2CC2)c1CNCC1CC1. The summed E-state index contributed by atoms with van der Waals surface area (Å²) in [5.41, 5.74) is 1.35. The molecule has 1 N–H and O–H groups in total. The zero-order chi connectivity index (χ0) is 9.38. The van der Waals surface area contributed by atoms with Crippen molar-refractivity contribution >= 4 is 0 Å². The monoisotopic (exact) mass is 191 g/mol. The lowest BCUT2D eigenvalue weighted by Gasteiger charge is -2.07. The maximum atomic E-state index is 4.22. The van der Waals surface area contributed by atoms with Crippen LogP contribution < -0.4 is 5.32 Å². The van der Waals surface area contributed by atoms with Gasteiger partial charge in [0.1, 0.15) is 0 Å². The molecule has 14 heavy (non-hydrogen) atoms. The minimum atomic E-state index is 0.759. The molecule has 2 aliphatic carbocycles. The van der Waals surface area contributed by atoms with Crippen LogP contribution in [-0.2, 0) is 6.54 Å². The molecule has 0 aliphatic heterocycles. The Morgan fingerprint density at radius 3 is 2.93 bits per heavy atom. The molecule has 3 rings (SSSR count). The van der Waals surface area contributed by atoms with Crippen LogP contribution in [0.5, 0.6) is 0 Å². The topological polar surface area (TPSA) is 29.9 Å². The van der Waals surface area contributed by atoms with Gasteiger partial charge < -0.3 is 9.88 Å². The van der Waals surface area contributed by atoms with Crippen molar-refractivity contribution in [3.8, 4) is 0 Å². The third kappa shape index (κ3) is 1.82. The fourth-order valence-corrected chi connectivity index (χ4v) is 1.88. The molecule has 1 aromatic heterocycles. The Bertz CT molecular complexity index is 310. The first-order valence-electron chi connectivity index (χ1n) is 5.65. The van der Waals surface area contributed by atoms with Crippen LogP contribution in [-0.4, -0.2) is 16.1 Å². The lowest BCUT2D eigenvalue weighted by molar-refractivity contribution is 0.596. The summed E-state index contributed by atoms with van der Waals surface area (Å²) in [6.45, 7) is 2.18. The van der Waals surface area contributed by atoms with E-state index in [-0.39, 0.29) is 0 Å². The van der Waals surface area contributed by atoms with E-state index < -0.39 is 0 Å². The van der Waals surface area contributed by atoms with Crippen LogP contribution in [0.25, 0.3) is 0 Å². The van der Waals surface area contributed by atoms with Gasteiger partial charge in [0.05, 0.1) is 12.0 Å². The zero-order valence-electron chi connectivity index (χ0n) is 8.45. The van der Waals surface area contributed by atoms with Gasteiger partial charge in [-0.3, -0.25) is 0 Å². The number of rotatable bonds is 5.